The maximum atomic E-state index is 14.3. The largest absolute Gasteiger partial charge is 0.380 e. The SMILES string of the molecule is COCc1c(C(=O)Nc2nc3c(s2)CC(C)CC3)sc2cccc(F)c12. The van der Waals surface area contributed by atoms with Crippen molar-refractivity contribution in [2.45, 2.75) is 32.8 Å². The van der Waals surface area contributed by atoms with Crippen LogP contribution in [0.5, 0.6) is 0 Å². The Morgan fingerprint density at radius 2 is 2.27 bits per heavy atom. The van der Waals surface area contributed by atoms with Crippen molar-refractivity contribution in [2.75, 3.05) is 12.4 Å². The van der Waals surface area contributed by atoms with Crippen LogP contribution in [-0.2, 0) is 24.2 Å². The van der Waals surface area contributed by atoms with Crippen molar-refractivity contribution in [3.8, 4) is 0 Å². The van der Waals surface area contributed by atoms with Gasteiger partial charge in [0.05, 0.1) is 17.2 Å². The molecule has 1 unspecified atom stereocenters. The van der Waals surface area contributed by atoms with Crippen LogP contribution in [0.1, 0.15) is 39.2 Å². The monoisotopic (exact) mass is 390 g/mol. The first-order valence-corrected chi connectivity index (χ1v) is 10.2. The topological polar surface area (TPSA) is 51.2 Å². The van der Waals surface area contributed by atoms with E-state index in [9.17, 15) is 9.18 Å². The molecular formula is C19H19FN2O2S2. The number of anilines is 1. The second-order valence-corrected chi connectivity index (χ2v) is 8.78. The summed E-state index contributed by atoms with van der Waals surface area (Å²) in [6.45, 7) is 2.43. The fourth-order valence-corrected chi connectivity index (χ4v) is 5.66. The Morgan fingerprint density at radius 1 is 1.42 bits per heavy atom. The standard InChI is InChI=1S/C19H19FN2O2S2/c1-10-6-7-13-15(8-10)26-19(21-13)22-18(23)17-11(9-24-2)16-12(20)4-3-5-14(16)25-17/h3-5,10H,6-9H2,1-2H3,(H,21,22,23). The number of thiophene rings is 1. The van der Waals surface area contributed by atoms with E-state index in [1.807, 2.05) is 6.07 Å². The average Bonchev–Trinajstić information content (AvgIpc) is 3.16. The second kappa shape index (κ2) is 7.06. The molecule has 0 radical (unpaired) electrons. The van der Waals surface area contributed by atoms with E-state index in [4.69, 9.17) is 4.74 Å². The maximum absolute atomic E-state index is 14.3. The Hall–Kier alpha value is -1.83. The van der Waals surface area contributed by atoms with Gasteiger partial charge in [0.1, 0.15) is 5.82 Å². The van der Waals surface area contributed by atoms with E-state index in [1.54, 1.807) is 24.5 Å². The number of nitrogens with one attached hydrogen (secondary N) is 1. The minimum atomic E-state index is -0.330. The lowest BCUT2D eigenvalue weighted by atomic mass is 9.93. The molecule has 1 aliphatic rings. The maximum Gasteiger partial charge on any atom is 0.267 e. The quantitative estimate of drug-likeness (QED) is 0.680. The summed E-state index contributed by atoms with van der Waals surface area (Å²) in [7, 11) is 1.54. The van der Waals surface area contributed by atoms with Gasteiger partial charge in [0.2, 0.25) is 0 Å². The molecule has 0 aliphatic heterocycles. The molecule has 26 heavy (non-hydrogen) atoms. The lowest BCUT2D eigenvalue weighted by Crippen LogP contribution is -2.12. The van der Waals surface area contributed by atoms with Gasteiger partial charge in [0, 0.05) is 27.6 Å². The highest BCUT2D eigenvalue weighted by Gasteiger charge is 2.24. The zero-order valence-electron chi connectivity index (χ0n) is 14.6. The van der Waals surface area contributed by atoms with Crippen molar-refractivity contribution in [2.24, 2.45) is 5.92 Å². The lowest BCUT2D eigenvalue weighted by molar-refractivity contribution is 0.102. The summed E-state index contributed by atoms with van der Waals surface area (Å²) >= 11 is 2.83. The van der Waals surface area contributed by atoms with Crippen LogP contribution < -0.4 is 5.32 Å². The number of carbonyl (C=O) groups is 1. The smallest absolute Gasteiger partial charge is 0.267 e. The molecular weight excluding hydrogens is 371 g/mol. The number of nitrogens with zero attached hydrogens (tertiary/aromatic N) is 1. The Bertz CT molecular complexity index is 979. The fourth-order valence-electron chi connectivity index (χ4n) is 3.38. The van der Waals surface area contributed by atoms with Crippen molar-refractivity contribution in [1.82, 2.24) is 4.98 Å². The number of benzene rings is 1. The summed E-state index contributed by atoms with van der Waals surface area (Å²) in [5, 5.41) is 4.00. The van der Waals surface area contributed by atoms with Gasteiger partial charge in [0.25, 0.3) is 5.91 Å². The minimum Gasteiger partial charge on any atom is -0.380 e. The predicted molar refractivity (Wildman–Crippen MR) is 104 cm³/mol. The van der Waals surface area contributed by atoms with Crippen LogP contribution in [0.3, 0.4) is 0 Å². The summed E-state index contributed by atoms with van der Waals surface area (Å²) in [5.41, 5.74) is 1.70. The summed E-state index contributed by atoms with van der Waals surface area (Å²) < 4.78 is 20.2. The van der Waals surface area contributed by atoms with E-state index in [2.05, 4.69) is 17.2 Å². The van der Waals surface area contributed by atoms with Crippen LogP contribution in [0.4, 0.5) is 9.52 Å². The van der Waals surface area contributed by atoms with E-state index in [-0.39, 0.29) is 18.3 Å². The van der Waals surface area contributed by atoms with Crippen LogP contribution >= 0.6 is 22.7 Å². The Morgan fingerprint density at radius 3 is 3.08 bits per heavy atom. The third kappa shape index (κ3) is 3.15. The molecule has 7 heteroatoms. The van der Waals surface area contributed by atoms with E-state index >= 15 is 0 Å². The van der Waals surface area contributed by atoms with Gasteiger partial charge < -0.3 is 4.74 Å². The first-order chi connectivity index (χ1) is 12.6. The van der Waals surface area contributed by atoms with Crippen LogP contribution in [0.25, 0.3) is 10.1 Å². The van der Waals surface area contributed by atoms with E-state index in [0.29, 0.717) is 26.9 Å². The van der Waals surface area contributed by atoms with Crippen LogP contribution in [-0.4, -0.2) is 18.0 Å². The van der Waals surface area contributed by atoms with Gasteiger partial charge in [-0.05, 0) is 37.3 Å². The highest BCUT2D eigenvalue weighted by Crippen LogP contribution is 2.36. The minimum absolute atomic E-state index is 0.190. The van der Waals surface area contributed by atoms with Gasteiger partial charge in [-0.2, -0.15) is 0 Å². The number of fused-ring (bicyclic) bond motifs is 2. The zero-order valence-corrected chi connectivity index (χ0v) is 16.2. The van der Waals surface area contributed by atoms with Gasteiger partial charge in [0.15, 0.2) is 5.13 Å². The molecule has 0 bridgehead atoms. The Labute approximate surface area is 159 Å². The summed E-state index contributed by atoms with van der Waals surface area (Å²) in [4.78, 5) is 19.2. The summed E-state index contributed by atoms with van der Waals surface area (Å²) in [6, 6.07) is 4.89. The summed E-state index contributed by atoms with van der Waals surface area (Å²) in [5.74, 6) is 0.0747. The van der Waals surface area contributed by atoms with Crippen molar-refractivity contribution in [1.29, 1.82) is 0 Å². The molecule has 4 rings (SSSR count). The third-order valence-corrected chi connectivity index (χ3v) is 6.90. The molecule has 4 nitrogen and oxygen atoms in total. The average molecular weight is 391 g/mol. The number of halogens is 1. The molecule has 136 valence electrons. The lowest BCUT2D eigenvalue weighted by Gasteiger charge is -2.15. The van der Waals surface area contributed by atoms with Crippen molar-refractivity contribution < 1.29 is 13.9 Å². The number of methoxy groups -OCH3 is 1. The molecule has 1 N–H and O–H groups in total. The van der Waals surface area contributed by atoms with Crippen molar-refractivity contribution in [3.05, 3.63) is 45.0 Å². The van der Waals surface area contributed by atoms with Crippen molar-refractivity contribution >= 4 is 43.8 Å². The van der Waals surface area contributed by atoms with Gasteiger partial charge in [-0.1, -0.05) is 13.0 Å². The molecule has 0 fully saturated rings. The normalized spacial score (nSPS) is 16.7. The molecule has 1 aliphatic carbocycles. The van der Waals surface area contributed by atoms with Gasteiger partial charge in [-0.25, -0.2) is 9.37 Å². The number of carbonyl (C=O) groups excluding carboxylic acids is 1. The van der Waals surface area contributed by atoms with E-state index in [1.165, 1.54) is 22.3 Å². The zero-order chi connectivity index (χ0) is 18.3. The fraction of sp³-hybridized carbons (Fsp3) is 0.368. The van der Waals surface area contributed by atoms with Crippen LogP contribution in [0, 0.1) is 11.7 Å². The molecule has 2 aromatic heterocycles. The number of thiazole rings is 1. The van der Waals surface area contributed by atoms with Gasteiger partial charge in [-0.3, -0.25) is 10.1 Å². The Kier molecular flexibility index (Phi) is 4.77. The highest BCUT2D eigenvalue weighted by molar-refractivity contribution is 7.21. The Balaban J connectivity index is 1.66. The first-order valence-electron chi connectivity index (χ1n) is 8.55. The third-order valence-electron chi connectivity index (χ3n) is 4.66. The number of hydrogen-bond donors (Lipinski definition) is 1. The number of aryl methyl sites for hydroxylation is 1. The molecule has 1 amide bonds. The molecule has 2 heterocycles. The van der Waals surface area contributed by atoms with E-state index < -0.39 is 0 Å². The predicted octanol–water partition coefficient (Wildman–Crippen LogP) is 5.02. The molecule has 0 saturated heterocycles. The number of ether oxygens (including phenoxy) is 1. The summed E-state index contributed by atoms with van der Waals surface area (Å²) in [6.07, 6.45) is 3.12. The molecule has 1 aromatic carbocycles. The molecule has 0 saturated carbocycles. The number of amides is 1. The number of hydrogen-bond acceptors (Lipinski definition) is 5. The molecule has 3 aromatic rings. The van der Waals surface area contributed by atoms with Crippen LogP contribution in [0.15, 0.2) is 18.2 Å². The van der Waals surface area contributed by atoms with Gasteiger partial charge >= 0.3 is 0 Å². The molecule has 0 spiro atoms. The number of aromatic nitrogens is 1. The van der Waals surface area contributed by atoms with Crippen molar-refractivity contribution in [3.63, 3.8) is 0 Å². The van der Waals surface area contributed by atoms with Crippen LogP contribution in [0.2, 0.25) is 0 Å². The highest BCUT2D eigenvalue weighted by atomic mass is 32.1. The second-order valence-electron chi connectivity index (χ2n) is 6.65. The number of rotatable bonds is 4. The van der Waals surface area contributed by atoms with Gasteiger partial charge in [-0.15, -0.1) is 22.7 Å². The van der Waals surface area contributed by atoms with E-state index in [0.717, 1.165) is 29.7 Å². The molecule has 1 atom stereocenters. The first kappa shape index (κ1) is 17.6.